The van der Waals surface area contributed by atoms with E-state index in [1.165, 1.54) is 11.8 Å². The smallest absolute Gasteiger partial charge is 0.316 e. The van der Waals surface area contributed by atoms with Gasteiger partial charge in [-0.2, -0.15) is 0 Å². The van der Waals surface area contributed by atoms with Gasteiger partial charge in [0.2, 0.25) is 0 Å². The maximum Gasteiger partial charge on any atom is 0.316 e. The Balaban J connectivity index is 2.21. The van der Waals surface area contributed by atoms with Gasteiger partial charge < -0.3 is 10.0 Å². The summed E-state index contributed by atoms with van der Waals surface area (Å²) in [4.78, 5) is 26.5. The second-order valence-electron chi connectivity index (χ2n) is 6.59. The molecule has 22 heavy (non-hydrogen) atoms. The Hall–Kier alpha value is -1.49. The zero-order valence-corrected chi connectivity index (χ0v) is 14.2. The summed E-state index contributed by atoms with van der Waals surface area (Å²) in [6, 6.07) is 7.29. The Labute approximate surface area is 135 Å². The molecule has 0 aromatic heterocycles. The third-order valence-corrected chi connectivity index (χ3v) is 5.12. The third kappa shape index (κ3) is 4.03. The first-order chi connectivity index (χ1) is 10.3. The average Bonchev–Trinajstić information content (AvgIpc) is 2.46. The lowest BCUT2D eigenvalue weighted by molar-refractivity contribution is -0.136. The van der Waals surface area contributed by atoms with Crippen molar-refractivity contribution in [3.05, 3.63) is 29.8 Å². The van der Waals surface area contributed by atoms with Crippen LogP contribution in [0.4, 0.5) is 0 Å². The van der Waals surface area contributed by atoms with Gasteiger partial charge in [-0.15, -0.1) is 11.8 Å². The lowest BCUT2D eigenvalue weighted by Gasteiger charge is -2.38. The molecule has 1 unspecified atom stereocenters. The number of thioether (sulfide) groups is 1. The molecule has 1 aliphatic heterocycles. The van der Waals surface area contributed by atoms with Crippen LogP contribution in [0.1, 0.15) is 44.0 Å². The van der Waals surface area contributed by atoms with E-state index >= 15 is 0 Å². The highest BCUT2D eigenvalue weighted by molar-refractivity contribution is 8.00. The van der Waals surface area contributed by atoms with Crippen molar-refractivity contribution in [2.75, 3.05) is 13.1 Å². The highest BCUT2D eigenvalue weighted by Crippen LogP contribution is 2.32. The molecule has 0 radical (unpaired) electrons. The normalized spacial score (nSPS) is 18.8. The van der Waals surface area contributed by atoms with Crippen molar-refractivity contribution in [1.29, 1.82) is 0 Å². The van der Waals surface area contributed by atoms with Gasteiger partial charge in [-0.05, 0) is 37.3 Å². The van der Waals surface area contributed by atoms with Gasteiger partial charge in [-0.3, -0.25) is 9.59 Å². The zero-order chi connectivity index (χ0) is 16.3. The minimum absolute atomic E-state index is 0.00784. The molecule has 0 bridgehead atoms. The molecule has 1 fully saturated rings. The minimum Gasteiger partial charge on any atom is -0.480 e. The van der Waals surface area contributed by atoms with Gasteiger partial charge >= 0.3 is 5.97 Å². The summed E-state index contributed by atoms with van der Waals surface area (Å²) in [5.41, 5.74) is 0.753. The molecule has 0 aliphatic carbocycles. The Morgan fingerprint density at radius 3 is 2.64 bits per heavy atom. The SMILES string of the molecule is CC(Sc1ccccc1C(=O)N1CCCC(C)(C)C1)C(=O)O. The van der Waals surface area contributed by atoms with Crippen LogP contribution >= 0.6 is 11.8 Å². The maximum absolute atomic E-state index is 12.8. The number of amides is 1. The van der Waals surface area contributed by atoms with Crippen LogP contribution in [0.3, 0.4) is 0 Å². The first-order valence-electron chi connectivity index (χ1n) is 7.58. The van der Waals surface area contributed by atoms with E-state index in [0.717, 1.165) is 30.8 Å². The number of likely N-dealkylation sites (tertiary alicyclic amines) is 1. The van der Waals surface area contributed by atoms with Crippen LogP contribution in [-0.2, 0) is 4.79 Å². The van der Waals surface area contributed by atoms with Gasteiger partial charge in [0.15, 0.2) is 0 Å². The molecule has 1 saturated heterocycles. The molecule has 5 heteroatoms. The van der Waals surface area contributed by atoms with Crippen molar-refractivity contribution in [3.63, 3.8) is 0 Å². The summed E-state index contributed by atoms with van der Waals surface area (Å²) in [6.07, 6.45) is 2.14. The van der Waals surface area contributed by atoms with E-state index in [-0.39, 0.29) is 11.3 Å². The van der Waals surface area contributed by atoms with Crippen LogP contribution in [0.2, 0.25) is 0 Å². The largest absolute Gasteiger partial charge is 0.480 e. The fourth-order valence-corrected chi connectivity index (χ4v) is 3.68. The summed E-state index contributed by atoms with van der Waals surface area (Å²) in [6.45, 7) is 7.52. The van der Waals surface area contributed by atoms with Gasteiger partial charge in [0, 0.05) is 18.0 Å². The number of aliphatic carboxylic acids is 1. The number of carboxylic acids is 1. The molecule has 2 rings (SSSR count). The summed E-state index contributed by atoms with van der Waals surface area (Å²) >= 11 is 1.22. The summed E-state index contributed by atoms with van der Waals surface area (Å²) in [5.74, 6) is -0.861. The van der Waals surface area contributed by atoms with Gasteiger partial charge in [-0.1, -0.05) is 26.0 Å². The van der Waals surface area contributed by atoms with E-state index in [2.05, 4.69) is 13.8 Å². The van der Waals surface area contributed by atoms with Crippen LogP contribution in [0, 0.1) is 5.41 Å². The number of piperidine rings is 1. The van der Waals surface area contributed by atoms with Crippen molar-refractivity contribution >= 4 is 23.6 Å². The van der Waals surface area contributed by atoms with Crippen molar-refractivity contribution in [3.8, 4) is 0 Å². The molecule has 1 aromatic carbocycles. The molecule has 1 N–H and O–H groups in total. The first-order valence-corrected chi connectivity index (χ1v) is 8.46. The lowest BCUT2D eigenvalue weighted by atomic mass is 9.84. The number of hydrogen-bond acceptors (Lipinski definition) is 3. The lowest BCUT2D eigenvalue weighted by Crippen LogP contribution is -2.43. The third-order valence-electron chi connectivity index (χ3n) is 3.96. The summed E-state index contributed by atoms with van der Waals surface area (Å²) < 4.78 is 0. The van der Waals surface area contributed by atoms with Crippen LogP contribution in [0.15, 0.2) is 29.2 Å². The molecular formula is C17H23NO3S. The molecule has 1 aliphatic rings. The van der Waals surface area contributed by atoms with Gasteiger partial charge in [0.25, 0.3) is 5.91 Å². The van der Waals surface area contributed by atoms with Crippen molar-refractivity contribution < 1.29 is 14.7 Å². The second kappa shape index (κ2) is 6.73. The van der Waals surface area contributed by atoms with Gasteiger partial charge in [0.1, 0.15) is 5.25 Å². The quantitative estimate of drug-likeness (QED) is 0.862. The Morgan fingerprint density at radius 2 is 2.00 bits per heavy atom. The number of carbonyl (C=O) groups is 2. The van der Waals surface area contributed by atoms with E-state index in [4.69, 9.17) is 5.11 Å². The first kappa shape index (κ1) is 16.9. The molecule has 0 saturated carbocycles. The maximum atomic E-state index is 12.8. The fraction of sp³-hybridized carbons (Fsp3) is 0.529. The molecule has 0 spiro atoms. The number of rotatable bonds is 4. The van der Waals surface area contributed by atoms with E-state index in [1.807, 2.05) is 23.1 Å². The van der Waals surface area contributed by atoms with Gasteiger partial charge in [0.05, 0.1) is 5.56 Å². The molecule has 1 aromatic rings. The fourth-order valence-electron chi connectivity index (χ4n) is 2.75. The average molecular weight is 321 g/mol. The number of hydrogen-bond donors (Lipinski definition) is 1. The van der Waals surface area contributed by atoms with E-state index in [1.54, 1.807) is 13.0 Å². The van der Waals surface area contributed by atoms with Crippen molar-refractivity contribution in [1.82, 2.24) is 4.90 Å². The summed E-state index contributed by atoms with van der Waals surface area (Å²) in [5, 5.41) is 8.50. The number of carbonyl (C=O) groups excluding carboxylic acids is 1. The standard InChI is InChI=1S/C17H23NO3S/c1-12(16(20)21)22-14-8-5-4-7-13(14)15(19)18-10-6-9-17(2,3)11-18/h4-5,7-8,12H,6,9-11H2,1-3H3,(H,20,21). The van der Waals surface area contributed by atoms with Crippen LogP contribution in [-0.4, -0.2) is 40.2 Å². The molecule has 1 atom stereocenters. The topological polar surface area (TPSA) is 57.6 Å². The number of benzene rings is 1. The number of carboxylic acid groups (broad SMARTS) is 1. The van der Waals surface area contributed by atoms with E-state index in [9.17, 15) is 9.59 Å². The highest BCUT2D eigenvalue weighted by Gasteiger charge is 2.30. The molecule has 4 nitrogen and oxygen atoms in total. The van der Waals surface area contributed by atoms with Gasteiger partial charge in [-0.25, -0.2) is 0 Å². The van der Waals surface area contributed by atoms with Crippen LogP contribution < -0.4 is 0 Å². The highest BCUT2D eigenvalue weighted by atomic mass is 32.2. The second-order valence-corrected chi connectivity index (χ2v) is 7.97. The van der Waals surface area contributed by atoms with Crippen LogP contribution in [0.25, 0.3) is 0 Å². The Bertz CT molecular complexity index is 571. The monoisotopic (exact) mass is 321 g/mol. The number of nitrogens with zero attached hydrogens (tertiary/aromatic N) is 1. The van der Waals surface area contributed by atoms with Crippen LogP contribution in [0.5, 0.6) is 0 Å². The summed E-state index contributed by atoms with van der Waals surface area (Å²) in [7, 11) is 0. The van der Waals surface area contributed by atoms with Crippen molar-refractivity contribution in [2.24, 2.45) is 5.41 Å². The molecular weight excluding hydrogens is 298 g/mol. The molecule has 1 amide bonds. The van der Waals surface area contributed by atoms with E-state index < -0.39 is 11.2 Å². The molecule has 120 valence electrons. The minimum atomic E-state index is -0.869. The molecule has 1 heterocycles. The van der Waals surface area contributed by atoms with E-state index in [0.29, 0.717) is 5.56 Å². The Morgan fingerprint density at radius 1 is 1.32 bits per heavy atom. The zero-order valence-electron chi connectivity index (χ0n) is 13.3. The Kier molecular flexibility index (Phi) is 5.16. The van der Waals surface area contributed by atoms with Crippen molar-refractivity contribution in [2.45, 2.75) is 43.8 Å². The predicted molar refractivity (Wildman–Crippen MR) is 88.3 cm³/mol. The predicted octanol–water partition coefficient (Wildman–Crippen LogP) is 3.51.